The number of esters is 1. The van der Waals surface area contributed by atoms with Crippen LogP contribution in [-0.4, -0.2) is 41.8 Å². The standard InChI is InChI=1S/C12H22N2O5/c1-6-19-10(17)7(2)13-11(18)14-8(9(15)16)12(3,4)5/h7-8H,6H2,1-5H3,(H,15,16)(H2,13,14,18)/t7?,8-/m0/s1. The molecule has 2 amide bonds. The van der Waals surface area contributed by atoms with Gasteiger partial charge < -0.3 is 20.5 Å². The Hall–Kier alpha value is -1.79. The van der Waals surface area contributed by atoms with E-state index in [2.05, 4.69) is 10.6 Å². The Bertz CT molecular complexity index is 349. The fraction of sp³-hybridized carbons (Fsp3) is 0.750. The first-order chi connectivity index (χ1) is 8.59. The van der Waals surface area contributed by atoms with Crippen LogP contribution in [0.3, 0.4) is 0 Å². The first-order valence-electron chi connectivity index (χ1n) is 6.06. The quantitative estimate of drug-likeness (QED) is 0.641. The zero-order valence-corrected chi connectivity index (χ0v) is 11.9. The van der Waals surface area contributed by atoms with E-state index in [0.717, 1.165) is 0 Å². The maximum atomic E-state index is 11.6. The summed E-state index contributed by atoms with van der Waals surface area (Å²) in [6.07, 6.45) is 0. The summed E-state index contributed by atoms with van der Waals surface area (Å²) >= 11 is 0. The SMILES string of the molecule is CCOC(=O)C(C)NC(=O)N[C@@H](C(=O)O)C(C)(C)C. The van der Waals surface area contributed by atoms with Gasteiger partial charge in [0.05, 0.1) is 6.61 Å². The molecule has 0 radical (unpaired) electrons. The van der Waals surface area contributed by atoms with Gasteiger partial charge in [0, 0.05) is 0 Å². The third-order valence-electron chi connectivity index (χ3n) is 2.38. The number of urea groups is 1. The fourth-order valence-corrected chi connectivity index (χ4v) is 1.34. The summed E-state index contributed by atoms with van der Waals surface area (Å²) in [6.45, 7) is 8.42. The molecule has 0 spiro atoms. The third-order valence-corrected chi connectivity index (χ3v) is 2.38. The number of ether oxygens (including phenoxy) is 1. The third kappa shape index (κ3) is 6.08. The Balaban J connectivity index is 4.52. The van der Waals surface area contributed by atoms with Crippen LogP contribution >= 0.6 is 0 Å². The van der Waals surface area contributed by atoms with Gasteiger partial charge in [-0.15, -0.1) is 0 Å². The maximum absolute atomic E-state index is 11.6. The van der Waals surface area contributed by atoms with Crippen molar-refractivity contribution in [2.45, 2.75) is 46.7 Å². The molecule has 0 aliphatic carbocycles. The van der Waals surface area contributed by atoms with Crippen LogP contribution in [-0.2, 0) is 14.3 Å². The summed E-state index contributed by atoms with van der Waals surface area (Å²) in [6, 6.07) is -2.61. The number of carbonyl (C=O) groups is 3. The van der Waals surface area contributed by atoms with E-state index in [9.17, 15) is 14.4 Å². The lowest BCUT2D eigenvalue weighted by Gasteiger charge is -2.28. The monoisotopic (exact) mass is 274 g/mol. The average Bonchev–Trinajstić information content (AvgIpc) is 2.24. The van der Waals surface area contributed by atoms with E-state index >= 15 is 0 Å². The van der Waals surface area contributed by atoms with Crippen LogP contribution < -0.4 is 10.6 Å². The number of carboxylic acids is 1. The number of carbonyl (C=O) groups excluding carboxylic acids is 2. The summed E-state index contributed by atoms with van der Waals surface area (Å²) in [5.74, 6) is -1.70. The number of aliphatic carboxylic acids is 1. The van der Waals surface area contributed by atoms with Crippen molar-refractivity contribution in [3.8, 4) is 0 Å². The normalized spacial score (nSPS) is 14.2. The van der Waals surface area contributed by atoms with Gasteiger partial charge in [-0.3, -0.25) is 0 Å². The Morgan fingerprint density at radius 2 is 1.74 bits per heavy atom. The van der Waals surface area contributed by atoms with Crippen LogP contribution in [0.2, 0.25) is 0 Å². The lowest BCUT2D eigenvalue weighted by molar-refractivity contribution is -0.144. The lowest BCUT2D eigenvalue weighted by Crippen LogP contribution is -2.54. The molecule has 7 nitrogen and oxygen atoms in total. The molecule has 0 aromatic carbocycles. The van der Waals surface area contributed by atoms with Crippen LogP contribution in [0.25, 0.3) is 0 Å². The van der Waals surface area contributed by atoms with Gasteiger partial charge in [0.1, 0.15) is 12.1 Å². The smallest absolute Gasteiger partial charge is 0.328 e. The molecule has 0 fully saturated rings. The van der Waals surface area contributed by atoms with Crippen molar-refractivity contribution in [3.05, 3.63) is 0 Å². The molecule has 0 saturated carbocycles. The van der Waals surface area contributed by atoms with Gasteiger partial charge in [0.15, 0.2) is 0 Å². The molecule has 0 bridgehead atoms. The van der Waals surface area contributed by atoms with Crippen molar-refractivity contribution in [1.82, 2.24) is 10.6 Å². The van der Waals surface area contributed by atoms with Gasteiger partial charge in [-0.25, -0.2) is 14.4 Å². The number of carboxylic acid groups (broad SMARTS) is 1. The molecule has 7 heteroatoms. The van der Waals surface area contributed by atoms with E-state index in [1.165, 1.54) is 6.92 Å². The average molecular weight is 274 g/mol. The summed E-state index contributed by atoms with van der Waals surface area (Å²) in [7, 11) is 0. The van der Waals surface area contributed by atoms with Gasteiger partial charge in [0.2, 0.25) is 0 Å². The van der Waals surface area contributed by atoms with Crippen molar-refractivity contribution in [2.24, 2.45) is 5.41 Å². The predicted octanol–water partition coefficient (Wildman–Crippen LogP) is 0.737. The van der Waals surface area contributed by atoms with Crippen LogP contribution in [0.4, 0.5) is 4.79 Å². The zero-order valence-electron chi connectivity index (χ0n) is 11.9. The van der Waals surface area contributed by atoms with Gasteiger partial charge in [-0.05, 0) is 19.3 Å². The van der Waals surface area contributed by atoms with Crippen LogP contribution in [0.5, 0.6) is 0 Å². The highest BCUT2D eigenvalue weighted by atomic mass is 16.5. The summed E-state index contributed by atoms with van der Waals surface area (Å²) < 4.78 is 4.73. The van der Waals surface area contributed by atoms with Crippen molar-refractivity contribution in [2.75, 3.05) is 6.61 Å². The van der Waals surface area contributed by atoms with E-state index < -0.39 is 35.5 Å². The second-order valence-electron chi connectivity index (χ2n) is 5.23. The second kappa shape index (κ2) is 6.96. The van der Waals surface area contributed by atoms with E-state index in [-0.39, 0.29) is 6.61 Å². The van der Waals surface area contributed by atoms with Crippen molar-refractivity contribution in [1.29, 1.82) is 0 Å². The highest BCUT2D eigenvalue weighted by molar-refractivity contribution is 5.86. The minimum atomic E-state index is -1.13. The first kappa shape index (κ1) is 17.2. The van der Waals surface area contributed by atoms with Crippen molar-refractivity contribution in [3.63, 3.8) is 0 Å². The molecule has 0 aliphatic heterocycles. The zero-order chi connectivity index (χ0) is 15.2. The predicted molar refractivity (Wildman–Crippen MR) is 68.6 cm³/mol. The lowest BCUT2D eigenvalue weighted by atomic mass is 9.87. The highest BCUT2D eigenvalue weighted by Crippen LogP contribution is 2.19. The first-order valence-corrected chi connectivity index (χ1v) is 6.06. The summed E-state index contributed by atoms with van der Waals surface area (Å²) in [5, 5.41) is 13.7. The van der Waals surface area contributed by atoms with Crippen LogP contribution in [0, 0.1) is 5.41 Å². The minimum absolute atomic E-state index is 0.214. The van der Waals surface area contributed by atoms with Crippen LogP contribution in [0.1, 0.15) is 34.6 Å². The molecule has 0 aliphatic rings. The topological polar surface area (TPSA) is 105 Å². The van der Waals surface area contributed by atoms with Gasteiger partial charge in [-0.1, -0.05) is 20.8 Å². The second-order valence-corrected chi connectivity index (χ2v) is 5.23. The van der Waals surface area contributed by atoms with Crippen LogP contribution in [0.15, 0.2) is 0 Å². The van der Waals surface area contributed by atoms with Crippen molar-refractivity contribution < 1.29 is 24.2 Å². The molecule has 0 aromatic heterocycles. The number of hydrogen-bond acceptors (Lipinski definition) is 4. The Kier molecular flexibility index (Phi) is 6.31. The Labute approximate surface area is 112 Å². The molecule has 0 heterocycles. The number of nitrogens with one attached hydrogen (secondary N) is 2. The summed E-state index contributed by atoms with van der Waals surface area (Å²) in [5.41, 5.74) is -0.643. The van der Waals surface area contributed by atoms with E-state index in [4.69, 9.17) is 9.84 Å². The van der Waals surface area contributed by atoms with Gasteiger partial charge in [-0.2, -0.15) is 0 Å². The highest BCUT2D eigenvalue weighted by Gasteiger charge is 2.33. The molecular weight excluding hydrogens is 252 g/mol. The largest absolute Gasteiger partial charge is 0.480 e. The van der Waals surface area contributed by atoms with E-state index in [0.29, 0.717) is 0 Å². The molecule has 19 heavy (non-hydrogen) atoms. The Morgan fingerprint density at radius 3 is 2.11 bits per heavy atom. The molecular formula is C12H22N2O5. The van der Waals surface area contributed by atoms with Crippen molar-refractivity contribution >= 4 is 18.0 Å². The molecule has 110 valence electrons. The van der Waals surface area contributed by atoms with Gasteiger partial charge in [0.25, 0.3) is 0 Å². The number of hydrogen-bond donors (Lipinski definition) is 3. The molecule has 1 unspecified atom stereocenters. The molecule has 3 N–H and O–H groups in total. The molecule has 2 atom stereocenters. The molecule has 0 rings (SSSR count). The van der Waals surface area contributed by atoms with Gasteiger partial charge >= 0.3 is 18.0 Å². The Morgan fingerprint density at radius 1 is 1.21 bits per heavy atom. The fourth-order valence-electron chi connectivity index (χ4n) is 1.34. The molecule has 0 aromatic rings. The molecule has 0 saturated heterocycles. The van der Waals surface area contributed by atoms with E-state index in [1.807, 2.05) is 0 Å². The maximum Gasteiger partial charge on any atom is 0.328 e. The summed E-state index contributed by atoms with van der Waals surface area (Å²) in [4.78, 5) is 34.0. The number of amides is 2. The minimum Gasteiger partial charge on any atom is -0.480 e. The van der Waals surface area contributed by atoms with E-state index in [1.54, 1.807) is 27.7 Å². The number of rotatable bonds is 5.